The van der Waals surface area contributed by atoms with Crippen LogP contribution in [0.1, 0.15) is 27.0 Å². The van der Waals surface area contributed by atoms with E-state index in [2.05, 4.69) is 5.32 Å². The van der Waals surface area contributed by atoms with E-state index in [1.807, 2.05) is 54.6 Å². The van der Waals surface area contributed by atoms with Crippen molar-refractivity contribution in [1.29, 1.82) is 0 Å². The molecule has 0 aromatic heterocycles. The smallest absolute Gasteiger partial charge is 0.255 e. The molecule has 144 valence electrons. The lowest BCUT2D eigenvalue weighted by Crippen LogP contribution is -2.23. The van der Waals surface area contributed by atoms with E-state index >= 15 is 0 Å². The van der Waals surface area contributed by atoms with Gasteiger partial charge in [-0.05, 0) is 34.9 Å². The lowest BCUT2D eigenvalue weighted by molar-refractivity contribution is 0.0947. The molecule has 0 saturated carbocycles. The van der Waals surface area contributed by atoms with Gasteiger partial charge in [-0.3, -0.25) is 4.79 Å². The molecule has 0 unspecified atom stereocenters. The van der Waals surface area contributed by atoms with Gasteiger partial charge in [0.15, 0.2) is 0 Å². The van der Waals surface area contributed by atoms with Crippen molar-refractivity contribution in [3.63, 3.8) is 0 Å². The largest absolute Gasteiger partial charge is 0.496 e. The molecule has 0 aliphatic rings. The fourth-order valence-corrected chi connectivity index (χ4v) is 2.91. The van der Waals surface area contributed by atoms with Gasteiger partial charge in [-0.2, -0.15) is 0 Å². The number of rotatable bonds is 8. The van der Waals surface area contributed by atoms with E-state index in [9.17, 15) is 4.79 Å². The van der Waals surface area contributed by atoms with Crippen LogP contribution in [0.4, 0.5) is 0 Å². The molecule has 1 amide bonds. The summed E-state index contributed by atoms with van der Waals surface area (Å²) in [6, 6.07) is 23.0. The number of amides is 1. The molecule has 3 aromatic carbocycles. The monoisotopic (exact) mass is 395 g/mol. The number of halogens is 1. The zero-order chi connectivity index (χ0) is 19.8. The third-order valence-electron chi connectivity index (χ3n) is 4.26. The first-order valence-corrected chi connectivity index (χ1v) is 9.35. The fraction of sp³-hybridized carbons (Fsp3) is 0.174. The van der Waals surface area contributed by atoms with Crippen molar-refractivity contribution in [2.45, 2.75) is 19.8 Å². The van der Waals surface area contributed by atoms with Gasteiger partial charge in [-0.25, -0.2) is 0 Å². The van der Waals surface area contributed by atoms with Gasteiger partial charge in [0, 0.05) is 11.6 Å². The number of benzene rings is 3. The zero-order valence-electron chi connectivity index (χ0n) is 15.7. The Balaban J connectivity index is 1.49. The molecule has 0 spiro atoms. The molecule has 4 nitrogen and oxygen atoms in total. The van der Waals surface area contributed by atoms with Gasteiger partial charge in [0.1, 0.15) is 5.75 Å². The van der Waals surface area contributed by atoms with Crippen molar-refractivity contribution in [1.82, 2.24) is 5.32 Å². The van der Waals surface area contributed by atoms with Gasteiger partial charge in [-0.15, -0.1) is 0 Å². The number of hydrogen-bond acceptors (Lipinski definition) is 3. The summed E-state index contributed by atoms with van der Waals surface area (Å²) in [7, 11) is 1.51. The minimum absolute atomic E-state index is 0.205. The molecule has 0 bridgehead atoms. The van der Waals surface area contributed by atoms with Crippen LogP contribution in [0.3, 0.4) is 0 Å². The third kappa shape index (κ3) is 5.59. The van der Waals surface area contributed by atoms with E-state index in [4.69, 9.17) is 21.1 Å². The zero-order valence-corrected chi connectivity index (χ0v) is 16.4. The lowest BCUT2D eigenvalue weighted by Gasteiger charge is -2.10. The first kappa shape index (κ1) is 19.9. The summed E-state index contributed by atoms with van der Waals surface area (Å²) < 4.78 is 11.0. The molecule has 0 radical (unpaired) electrons. The van der Waals surface area contributed by atoms with Crippen molar-refractivity contribution >= 4 is 17.5 Å². The Morgan fingerprint density at radius 1 is 0.893 bits per heavy atom. The van der Waals surface area contributed by atoms with Crippen LogP contribution in [0.25, 0.3) is 0 Å². The standard InChI is InChI=1S/C23H22ClNO3/c1-27-22-13-20(24)11-12-21(22)23(26)25-14-17-7-9-19(10-8-17)16-28-15-18-5-3-2-4-6-18/h2-13H,14-16H2,1H3,(H,25,26). The number of methoxy groups -OCH3 is 1. The summed E-state index contributed by atoms with van der Waals surface area (Å²) in [4.78, 5) is 12.4. The number of nitrogens with one attached hydrogen (secondary N) is 1. The van der Waals surface area contributed by atoms with Gasteiger partial charge >= 0.3 is 0 Å². The van der Waals surface area contributed by atoms with E-state index in [-0.39, 0.29) is 5.91 Å². The van der Waals surface area contributed by atoms with Crippen LogP contribution in [0, 0.1) is 0 Å². The predicted octanol–water partition coefficient (Wildman–Crippen LogP) is 5.00. The van der Waals surface area contributed by atoms with Crippen LogP contribution in [-0.4, -0.2) is 13.0 Å². The second kappa shape index (κ2) is 9.93. The average molecular weight is 396 g/mol. The molecule has 5 heteroatoms. The first-order chi connectivity index (χ1) is 13.7. The molecule has 0 saturated heterocycles. The molecule has 0 atom stereocenters. The highest BCUT2D eigenvalue weighted by atomic mass is 35.5. The summed E-state index contributed by atoms with van der Waals surface area (Å²) in [5, 5.41) is 3.43. The number of hydrogen-bond donors (Lipinski definition) is 1. The summed E-state index contributed by atoms with van der Waals surface area (Å²) in [6.45, 7) is 1.56. The molecule has 28 heavy (non-hydrogen) atoms. The Labute approximate surface area is 170 Å². The van der Waals surface area contributed by atoms with Crippen molar-refractivity contribution in [3.8, 4) is 5.75 Å². The normalized spacial score (nSPS) is 10.5. The average Bonchev–Trinajstić information content (AvgIpc) is 2.73. The maximum absolute atomic E-state index is 12.4. The molecule has 1 N–H and O–H groups in total. The number of carbonyl (C=O) groups excluding carboxylic acids is 1. The van der Waals surface area contributed by atoms with Crippen molar-refractivity contribution < 1.29 is 14.3 Å². The molecular weight excluding hydrogens is 374 g/mol. The minimum Gasteiger partial charge on any atom is -0.496 e. The summed E-state index contributed by atoms with van der Waals surface area (Å²) in [6.07, 6.45) is 0. The van der Waals surface area contributed by atoms with Crippen molar-refractivity contribution in [2.24, 2.45) is 0 Å². The van der Waals surface area contributed by atoms with Crippen molar-refractivity contribution in [3.05, 3.63) is 100 Å². The maximum atomic E-state index is 12.4. The molecule has 3 aromatic rings. The molecular formula is C23H22ClNO3. The SMILES string of the molecule is COc1cc(Cl)ccc1C(=O)NCc1ccc(COCc2ccccc2)cc1. The lowest BCUT2D eigenvalue weighted by atomic mass is 10.1. The van der Waals surface area contributed by atoms with E-state index in [0.717, 1.165) is 16.7 Å². The van der Waals surface area contributed by atoms with Crippen LogP contribution in [0.5, 0.6) is 5.75 Å². The van der Waals surface area contributed by atoms with Crippen LogP contribution >= 0.6 is 11.6 Å². The highest BCUT2D eigenvalue weighted by Gasteiger charge is 2.12. The summed E-state index contributed by atoms with van der Waals surface area (Å²) in [5.74, 6) is 0.250. The third-order valence-corrected chi connectivity index (χ3v) is 4.50. The van der Waals surface area contributed by atoms with Gasteiger partial charge in [-0.1, -0.05) is 66.2 Å². The topological polar surface area (TPSA) is 47.6 Å². The van der Waals surface area contributed by atoms with Gasteiger partial charge < -0.3 is 14.8 Å². The summed E-state index contributed by atoms with van der Waals surface area (Å²) in [5.41, 5.74) is 3.70. The van der Waals surface area contributed by atoms with E-state index in [1.165, 1.54) is 7.11 Å². The molecule has 0 aliphatic heterocycles. The predicted molar refractivity (Wildman–Crippen MR) is 111 cm³/mol. The fourth-order valence-electron chi connectivity index (χ4n) is 2.74. The van der Waals surface area contributed by atoms with E-state index in [0.29, 0.717) is 36.1 Å². The maximum Gasteiger partial charge on any atom is 0.255 e. The van der Waals surface area contributed by atoms with E-state index < -0.39 is 0 Å². The first-order valence-electron chi connectivity index (χ1n) is 8.97. The Bertz CT molecular complexity index is 911. The minimum atomic E-state index is -0.205. The van der Waals surface area contributed by atoms with Gasteiger partial charge in [0.05, 0.1) is 25.9 Å². The summed E-state index contributed by atoms with van der Waals surface area (Å²) >= 11 is 5.94. The van der Waals surface area contributed by atoms with Gasteiger partial charge in [0.2, 0.25) is 0 Å². The van der Waals surface area contributed by atoms with Crippen LogP contribution in [0.15, 0.2) is 72.8 Å². The highest BCUT2D eigenvalue weighted by Crippen LogP contribution is 2.23. The van der Waals surface area contributed by atoms with Crippen LogP contribution < -0.4 is 10.1 Å². The Hall–Kier alpha value is -2.82. The second-order valence-electron chi connectivity index (χ2n) is 6.32. The molecule has 0 fully saturated rings. The van der Waals surface area contributed by atoms with Crippen molar-refractivity contribution in [2.75, 3.05) is 7.11 Å². The number of carbonyl (C=O) groups is 1. The second-order valence-corrected chi connectivity index (χ2v) is 6.76. The molecule has 3 rings (SSSR count). The number of ether oxygens (including phenoxy) is 2. The van der Waals surface area contributed by atoms with Crippen LogP contribution in [0.2, 0.25) is 5.02 Å². The van der Waals surface area contributed by atoms with Crippen LogP contribution in [-0.2, 0) is 24.5 Å². The Morgan fingerprint density at radius 2 is 1.54 bits per heavy atom. The van der Waals surface area contributed by atoms with Gasteiger partial charge in [0.25, 0.3) is 5.91 Å². The highest BCUT2D eigenvalue weighted by molar-refractivity contribution is 6.30. The molecule has 0 aliphatic carbocycles. The van der Waals surface area contributed by atoms with E-state index in [1.54, 1.807) is 18.2 Å². The Kier molecular flexibility index (Phi) is 7.06. The Morgan fingerprint density at radius 3 is 2.21 bits per heavy atom. The quantitative estimate of drug-likeness (QED) is 0.584. The molecule has 0 heterocycles.